The van der Waals surface area contributed by atoms with Crippen LogP contribution < -0.4 is 5.32 Å². The normalized spacial score (nSPS) is 20.7. The minimum atomic E-state index is -0.976. The summed E-state index contributed by atoms with van der Waals surface area (Å²) in [6.07, 6.45) is 2.38. The number of urea groups is 1. The number of halogens is 1. The molecule has 1 saturated heterocycles. The maximum absolute atomic E-state index is 13.5. The third-order valence-electron chi connectivity index (χ3n) is 6.52. The third-order valence-corrected chi connectivity index (χ3v) is 6.84. The molecule has 1 N–H and O–H groups in total. The molecule has 1 aliphatic carbocycles. The first-order valence-corrected chi connectivity index (χ1v) is 10.6. The first kappa shape index (κ1) is 19.1. The highest BCUT2D eigenvalue weighted by molar-refractivity contribution is 6.30. The van der Waals surface area contributed by atoms with Crippen molar-refractivity contribution in [2.45, 2.75) is 45.2 Å². The Labute approximate surface area is 180 Å². The van der Waals surface area contributed by atoms with Gasteiger partial charge in [-0.15, -0.1) is 0 Å². The summed E-state index contributed by atoms with van der Waals surface area (Å²) in [4.78, 5) is 32.2. The molecule has 3 amide bonds. The Kier molecular flexibility index (Phi) is 4.33. The highest BCUT2D eigenvalue weighted by Gasteiger charge is 2.53. The molecule has 6 heteroatoms. The van der Waals surface area contributed by atoms with E-state index in [1.54, 1.807) is 0 Å². The van der Waals surface area contributed by atoms with Crippen molar-refractivity contribution in [2.75, 3.05) is 0 Å². The van der Waals surface area contributed by atoms with Gasteiger partial charge in [0, 0.05) is 10.9 Å². The van der Waals surface area contributed by atoms with Gasteiger partial charge in [0.1, 0.15) is 10.7 Å². The Morgan fingerprint density at radius 1 is 1.17 bits per heavy atom. The molecule has 1 fully saturated rings. The molecular formula is C24H22ClN3O2. The van der Waals surface area contributed by atoms with Crippen LogP contribution in [0.2, 0.25) is 5.15 Å². The molecule has 30 heavy (non-hydrogen) atoms. The van der Waals surface area contributed by atoms with E-state index >= 15 is 0 Å². The van der Waals surface area contributed by atoms with Crippen LogP contribution in [0.4, 0.5) is 4.79 Å². The van der Waals surface area contributed by atoms with E-state index in [0.29, 0.717) is 17.1 Å². The predicted octanol–water partition coefficient (Wildman–Crippen LogP) is 4.79. The largest absolute Gasteiger partial charge is 0.325 e. The number of benzene rings is 2. The monoisotopic (exact) mass is 419 g/mol. The lowest BCUT2D eigenvalue weighted by molar-refractivity contribution is -0.132. The number of amides is 3. The molecular weight excluding hydrogens is 398 g/mol. The van der Waals surface area contributed by atoms with E-state index in [4.69, 9.17) is 11.6 Å². The Morgan fingerprint density at radius 2 is 1.97 bits per heavy atom. The number of rotatable bonds is 2. The summed E-state index contributed by atoms with van der Waals surface area (Å²) in [5, 5.41) is 4.26. The van der Waals surface area contributed by atoms with Crippen molar-refractivity contribution in [1.82, 2.24) is 15.2 Å². The van der Waals surface area contributed by atoms with Crippen LogP contribution in [-0.4, -0.2) is 21.8 Å². The molecule has 0 saturated carbocycles. The summed E-state index contributed by atoms with van der Waals surface area (Å²) >= 11 is 6.48. The van der Waals surface area contributed by atoms with E-state index in [-0.39, 0.29) is 18.5 Å². The lowest BCUT2D eigenvalue weighted by atomic mass is 9.76. The van der Waals surface area contributed by atoms with Gasteiger partial charge in [-0.1, -0.05) is 48.0 Å². The summed E-state index contributed by atoms with van der Waals surface area (Å²) in [6.45, 7) is 4.15. The smallest absolute Gasteiger partial charge is 0.319 e. The van der Waals surface area contributed by atoms with Crippen molar-refractivity contribution in [3.63, 3.8) is 0 Å². The lowest BCUT2D eigenvalue weighted by Gasteiger charge is -2.33. The van der Waals surface area contributed by atoms with Crippen molar-refractivity contribution in [2.24, 2.45) is 0 Å². The van der Waals surface area contributed by atoms with Crippen LogP contribution in [0, 0.1) is 13.8 Å². The summed E-state index contributed by atoms with van der Waals surface area (Å²) < 4.78 is 0. The molecule has 2 aliphatic rings. The van der Waals surface area contributed by atoms with E-state index in [2.05, 4.69) is 10.3 Å². The number of nitrogens with zero attached hydrogens (tertiary/aromatic N) is 2. The van der Waals surface area contributed by atoms with Gasteiger partial charge < -0.3 is 5.32 Å². The molecule has 5 nitrogen and oxygen atoms in total. The second-order valence-corrected chi connectivity index (χ2v) is 8.61. The standard InChI is InChI=1S/C24H22ClN3O2/c1-14-9-10-17-12-18(21(25)26-20(17)15(14)2)13-28-22(29)24(27-23(28)30)11-5-7-16-6-3-4-8-19(16)24/h3-4,6,8-10,12H,5,7,11,13H2,1-2H3,(H,27,30)/t24-/m1/s1. The molecule has 5 rings (SSSR count). The van der Waals surface area contributed by atoms with Gasteiger partial charge in [0.15, 0.2) is 0 Å². The predicted molar refractivity (Wildman–Crippen MR) is 116 cm³/mol. The topological polar surface area (TPSA) is 62.3 Å². The van der Waals surface area contributed by atoms with Gasteiger partial charge in [-0.25, -0.2) is 9.78 Å². The van der Waals surface area contributed by atoms with Crippen LogP contribution in [0.25, 0.3) is 10.9 Å². The molecule has 152 valence electrons. The number of hydrogen-bond donors (Lipinski definition) is 1. The molecule has 2 heterocycles. The van der Waals surface area contributed by atoms with Crippen LogP contribution in [-0.2, 0) is 23.3 Å². The average molecular weight is 420 g/mol. The minimum absolute atomic E-state index is 0.100. The van der Waals surface area contributed by atoms with Crippen LogP contribution in [0.1, 0.15) is 40.7 Å². The van der Waals surface area contributed by atoms with Gasteiger partial charge in [0.2, 0.25) is 0 Å². The molecule has 1 spiro atoms. The number of carbonyl (C=O) groups is 2. The average Bonchev–Trinajstić information content (AvgIpc) is 2.97. The molecule has 1 aliphatic heterocycles. The second-order valence-electron chi connectivity index (χ2n) is 8.25. The minimum Gasteiger partial charge on any atom is -0.319 e. The molecule has 0 bridgehead atoms. The number of pyridine rings is 1. The van der Waals surface area contributed by atoms with Gasteiger partial charge in [0.25, 0.3) is 5.91 Å². The van der Waals surface area contributed by atoms with E-state index < -0.39 is 5.54 Å². The van der Waals surface area contributed by atoms with Crippen molar-refractivity contribution >= 4 is 34.4 Å². The fourth-order valence-electron chi connectivity index (χ4n) is 4.74. The highest BCUT2D eigenvalue weighted by atomic mass is 35.5. The number of aromatic nitrogens is 1. The number of hydrogen-bond acceptors (Lipinski definition) is 3. The van der Waals surface area contributed by atoms with E-state index in [1.807, 2.05) is 56.3 Å². The SMILES string of the molecule is Cc1ccc2cc(CN3C(=O)N[C@@]4(CCCc5ccccc54)C3=O)c(Cl)nc2c1C. The van der Waals surface area contributed by atoms with E-state index in [1.165, 1.54) is 4.90 Å². The summed E-state index contributed by atoms with van der Waals surface area (Å²) in [5.41, 5.74) is 4.78. The molecule has 1 atom stereocenters. The highest BCUT2D eigenvalue weighted by Crippen LogP contribution is 2.40. The van der Waals surface area contributed by atoms with Gasteiger partial charge in [-0.05, 0) is 61.4 Å². The zero-order valence-corrected chi connectivity index (χ0v) is 17.7. The first-order chi connectivity index (χ1) is 14.4. The Bertz CT molecular complexity index is 1220. The quantitative estimate of drug-likeness (QED) is 0.480. The van der Waals surface area contributed by atoms with E-state index in [0.717, 1.165) is 46.0 Å². The molecule has 3 aromatic rings. The van der Waals surface area contributed by atoms with Gasteiger partial charge in [0.05, 0.1) is 12.1 Å². The maximum Gasteiger partial charge on any atom is 0.325 e. The lowest BCUT2D eigenvalue weighted by Crippen LogP contribution is -2.46. The molecule has 2 aromatic carbocycles. The number of carbonyl (C=O) groups excluding carboxylic acids is 2. The Balaban J connectivity index is 1.53. The zero-order valence-electron chi connectivity index (χ0n) is 17.0. The summed E-state index contributed by atoms with van der Waals surface area (Å²) in [6, 6.07) is 13.5. The third kappa shape index (κ3) is 2.72. The molecule has 0 radical (unpaired) electrons. The first-order valence-electron chi connectivity index (χ1n) is 10.2. The van der Waals surface area contributed by atoms with Gasteiger partial charge >= 0.3 is 6.03 Å². The van der Waals surface area contributed by atoms with Crippen LogP contribution in [0.3, 0.4) is 0 Å². The van der Waals surface area contributed by atoms with E-state index in [9.17, 15) is 9.59 Å². The number of aryl methyl sites for hydroxylation is 3. The van der Waals surface area contributed by atoms with Gasteiger partial charge in [-0.2, -0.15) is 0 Å². The fourth-order valence-corrected chi connectivity index (χ4v) is 4.94. The number of fused-ring (bicyclic) bond motifs is 3. The zero-order chi connectivity index (χ0) is 21.0. The molecule has 0 unspecified atom stereocenters. The fraction of sp³-hybridized carbons (Fsp3) is 0.292. The summed E-state index contributed by atoms with van der Waals surface area (Å²) in [7, 11) is 0. The van der Waals surface area contributed by atoms with Crippen molar-refractivity contribution in [1.29, 1.82) is 0 Å². The summed E-state index contributed by atoms with van der Waals surface area (Å²) in [5.74, 6) is -0.212. The Hall–Kier alpha value is -2.92. The van der Waals surface area contributed by atoms with Crippen molar-refractivity contribution in [3.05, 3.63) is 75.4 Å². The van der Waals surface area contributed by atoms with Crippen molar-refractivity contribution in [3.8, 4) is 0 Å². The van der Waals surface area contributed by atoms with Crippen LogP contribution in [0.5, 0.6) is 0 Å². The maximum atomic E-state index is 13.5. The van der Waals surface area contributed by atoms with Crippen molar-refractivity contribution < 1.29 is 9.59 Å². The van der Waals surface area contributed by atoms with Crippen LogP contribution in [0.15, 0.2) is 42.5 Å². The number of nitrogens with one attached hydrogen (secondary N) is 1. The van der Waals surface area contributed by atoms with Crippen LogP contribution >= 0.6 is 11.6 Å². The number of imide groups is 1. The molecule has 1 aromatic heterocycles. The Morgan fingerprint density at radius 3 is 2.80 bits per heavy atom. The second kappa shape index (κ2) is 6.81. The van der Waals surface area contributed by atoms with Gasteiger partial charge in [-0.3, -0.25) is 9.69 Å².